The van der Waals surface area contributed by atoms with Crippen LogP contribution in [-0.2, 0) is 14.3 Å². The lowest BCUT2D eigenvalue weighted by molar-refractivity contribution is -0.164. The predicted octanol–water partition coefficient (Wildman–Crippen LogP) is 6.20. The van der Waals surface area contributed by atoms with Crippen molar-refractivity contribution in [3.05, 3.63) is 57.6 Å². The lowest BCUT2D eigenvalue weighted by Crippen LogP contribution is -2.55. The third kappa shape index (κ3) is 3.31. The number of phenols is 2. The van der Waals surface area contributed by atoms with Crippen molar-refractivity contribution < 1.29 is 24.5 Å². The van der Waals surface area contributed by atoms with E-state index in [0.29, 0.717) is 37.1 Å². The Morgan fingerprint density at radius 3 is 2.10 bits per heavy atom. The Morgan fingerprint density at radius 1 is 0.974 bits per heavy atom. The standard InChI is InChI=1S/C33H43NO5/c1-18-12-22(13-19(2)26(18)36)28-33-17-24-16-32(33,30(31(24,5)6)34(28)25(35)8-10-38-7)9-11-39-29(33)23-14-20(3)27(37)21(4)15-23/h12-15,24,28-30,36-37H,8-11,16-17H2,1-7H3/t24-,28-,29-,30+,32-,33+/m0/s1. The molecule has 210 valence electrons. The van der Waals surface area contributed by atoms with Crippen LogP contribution >= 0.6 is 0 Å². The molecule has 2 saturated carbocycles. The lowest BCUT2D eigenvalue weighted by atomic mass is 9.51. The fraction of sp³-hybridized carbons (Fsp3) is 0.606. The van der Waals surface area contributed by atoms with Crippen LogP contribution in [0.1, 0.15) is 85.1 Å². The van der Waals surface area contributed by atoms with Crippen LogP contribution in [0.25, 0.3) is 0 Å². The van der Waals surface area contributed by atoms with E-state index < -0.39 is 0 Å². The van der Waals surface area contributed by atoms with E-state index in [-0.39, 0.29) is 40.3 Å². The molecule has 2 bridgehead atoms. The summed E-state index contributed by atoms with van der Waals surface area (Å²) in [6.45, 7) is 13.6. The van der Waals surface area contributed by atoms with Gasteiger partial charge in [0.1, 0.15) is 11.5 Å². The summed E-state index contributed by atoms with van der Waals surface area (Å²) in [6.07, 6.45) is 3.16. The highest BCUT2D eigenvalue weighted by Crippen LogP contribution is 2.85. The van der Waals surface area contributed by atoms with E-state index in [9.17, 15) is 15.0 Å². The highest BCUT2D eigenvalue weighted by atomic mass is 16.5. The van der Waals surface area contributed by atoms with Gasteiger partial charge < -0.3 is 24.6 Å². The number of fused-ring (bicyclic) bond motifs is 1. The molecule has 2 aliphatic carbocycles. The Labute approximate surface area is 232 Å². The third-order valence-corrected chi connectivity index (χ3v) is 11.2. The van der Waals surface area contributed by atoms with Crippen LogP contribution in [-0.4, -0.2) is 47.4 Å². The number of carbonyl (C=O) groups excluding carboxylic acids is 1. The molecule has 6 nitrogen and oxygen atoms in total. The second kappa shape index (κ2) is 8.71. The van der Waals surface area contributed by atoms with Crippen molar-refractivity contribution in [2.75, 3.05) is 20.3 Å². The summed E-state index contributed by atoms with van der Waals surface area (Å²) < 4.78 is 12.2. The van der Waals surface area contributed by atoms with Gasteiger partial charge in [-0.3, -0.25) is 4.79 Å². The molecule has 2 N–H and O–H groups in total. The number of hydrogen-bond acceptors (Lipinski definition) is 5. The van der Waals surface area contributed by atoms with Gasteiger partial charge in [0.25, 0.3) is 0 Å². The molecule has 4 fully saturated rings. The molecule has 0 unspecified atom stereocenters. The maximum Gasteiger partial charge on any atom is 0.225 e. The smallest absolute Gasteiger partial charge is 0.225 e. The van der Waals surface area contributed by atoms with Crippen molar-refractivity contribution in [3.8, 4) is 11.5 Å². The normalized spacial score (nSPS) is 34.0. The number of aromatic hydroxyl groups is 2. The topological polar surface area (TPSA) is 79.2 Å². The number of methoxy groups -OCH3 is 1. The van der Waals surface area contributed by atoms with E-state index in [1.54, 1.807) is 7.11 Å². The minimum Gasteiger partial charge on any atom is -0.507 e. The van der Waals surface area contributed by atoms with Gasteiger partial charge in [-0.2, -0.15) is 0 Å². The number of hydrogen-bond donors (Lipinski definition) is 2. The average molecular weight is 534 g/mol. The van der Waals surface area contributed by atoms with Crippen molar-refractivity contribution >= 4 is 5.91 Å². The fourth-order valence-electron chi connectivity index (χ4n) is 9.78. The molecule has 4 aliphatic rings. The number of amides is 1. The molecule has 0 aromatic heterocycles. The fourth-order valence-corrected chi connectivity index (χ4v) is 9.78. The molecule has 6 atom stereocenters. The minimum absolute atomic E-state index is 0.0231. The minimum atomic E-state index is -0.315. The van der Waals surface area contributed by atoms with Crippen LogP contribution in [0.15, 0.2) is 24.3 Å². The zero-order valence-corrected chi connectivity index (χ0v) is 24.4. The summed E-state index contributed by atoms with van der Waals surface area (Å²) in [5, 5.41) is 21.3. The number of phenolic OH excluding ortho intramolecular Hbond substituents is 2. The zero-order valence-electron chi connectivity index (χ0n) is 24.4. The Hall–Kier alpha value is -2.57. The Morgan fingerprint density at radius 2 is 1.54 bits per heavy atom. The number of nitrogens with zero attached hydrogens (tertiary/aromatic N) is 1. The van der Waals surface area contributed by atoms with Gasteiger partial charge in [-0.1, -0.05) is 26.0 Å². The maximum atomic E-state index is 14.3. The SMILES string of the molecule is COCCC(=O)N1[C@@H]2C(C)(C)[C@H]3C[C@@]24CCO[C@@H](c2cc(C)c(O)c(C)c2)[C@@]4(C3)[C@@H]1c1cc(C)c(O)c(C)c1. The van der Waals surface area contributed by atoms with Crippen LogP contribution in [0.2, 0.25) is 0 Å². The lowest BCUT2D eigenvalue weighted by Gasteiger charge is -2.55. The van der Waals surface area contributed by atoms with Crippen molar-refractivity contribution in [3.63, 3.8) is 0 Å². The van der Waals surface area contributed by atoms with Crippen molar-refractivity contribution in [2.45, 2.75) is 85.4 Å². The molecule has 0 radical (unpaired) electrons. The van der Waals surface area contributed by atoms with Crippen molar-refractivity contribution in [1.82, 2.24) is 4.90 Å². The number of ether oxygens (including phenoxy) is 2. The second-order valence-corrected chi connectivity index (χ2v) is 13.5. The first-order chi connectivity index (χ1) is 18.4. The van der Waals surface area contributed by atoms with Crippen LogP contribution in [0, 0.1) is 49.9 Å². The number of likely N-dealkylation sites (tertiary alicyclic amines) is 1. The van der Waals surface area contributed by atoms with Crippen LogP contribution in [0.5, 0.6) is 11.5 Å². The molecule has 2 heterocycles. The number of carbonyl (C=O) groups is 1. The Balaban J connectivity index is 1.64. The van der Waals surface area contributed by atoms with Gasteiger partial charge in [0.05, 0.1) is 25.2 Å². The first-order valence-corrected chi connectivity index (χ1v) is 14.4. The predicted molar refractivity (Wildman–Crippen MR) is 150 cm³/mol. The summed E-state index contributed by atoms with van der Waals surface area (Å²) in [5.41, 5.74) is 5.13. The highest BCUT2D eigenvalue weighted by molar-refractivity contribution is 5.79. The van der Waals surface area contributed by atoms with Gasteiger partial charge in [0.15, 0.2) is 0 Å². The van der Waals surface area contributed by atoms with E-state index in [1.165, 1.54) is 0 Å². The monoisotopic (exact) mass is 533 g/mol. The van der Waals surface area contributed by atoms with Crippen LogP contribution < -0.4 is 0 Å². The molecule has 1 spiro atoms. The summed E-state index contributed by atoms with van der Waals surface area (Å²) in [5.74, 6) is 1.26. The van der Waals surface area contributed by atoms with Gasteiger partial charge >= 0.3 is 0 Å². The number of aryl methyl sites for hydroxylation is 4. The van der Waals surface area contributed by atoms with Gasteiger partial charge in [0.2, 0.25) is 5.91 Å². The van der Waals surface area contributed by atoms with Gasteiger partial charge in [-0.25, -0.2) is 0 Å². The number of rotatable bonds is 5. The summed E-state index contributed by atoms with van der Waals surface area (Å²) >= 11 is 0. The third-order valence-electron chi connectivity index (χ3n) is 11.2. The largest absolute Gasteiger partial charge is 0.507 e. The highest BCUT2D eigenvalue weighted by Gasteiger charge is 2.83. The van der Waals surface area contributed by atoms with Crippen molar-refractivity contribution in [2.24, 2.45) is 22.2 Å². The first kappa shape index (κ1) is 26.6. The first-order valence-electron chi connectivity index (χ1n) is 14.4. The molecule has 6 heteroatoms. The van der Waals surface area contributed by atoms with Gasteiger partial charge in [-0.15, -0.1) is 0 Å². The van der Waals surface area contributed by atoms with Crippen LogP contribution in [0.4, 0.5) is 0 Å². The average Bonchev–Trinajstić information content (AvgIpc) is 3.42. The van der Waals surface area contributed by atoms with E-state index in [1.807, 2.05) is 27.7 Å². The van der Waals surface area contributed by atoms with E-state index in [0.717, 1.165) is 52.6 Å². The van der Waals surface area contributed by atoms with E-state index in [4.69, 9.17) is 9.47 Å². The second-order valence-electron chi connectivity index (χ2n) is 13.5. The Kier molecular flexibility index (Phi) is 5.95. The number of benzene rings is 2. The summed E-state index contributed by atoms with van der Waals surface area (Å²) in [7, 11) is 1.65. The molecule has 2 saturated heterocycles. The molecule has 2 aromatic carbocycles. The summed E-state index contributed by atoms with van der Waals surface area (Å²) in [4.78, 5) is 16.5. The molecular formula is C33H43NO5. The van der Waals surface area contributed by atoms with Gasteiger partial charge in [0, 0.05) is 30.6 Å². The van der Waals surface area contributed by atoms with E-state index >= 15 is 0 Å². The molecule has 1 amide bonds. The maximum absolute atomic E-state index is 14.3. The van der Waals surface area contributed by atoms with Crippen molar-refractivity contribution in [1.29, 1.82) is 0 Å². The molecular weight excluding hydrogens is 490 g/mol. The van der Waals surface area contributed by atoms with Gasteiger partial charge in [-0.05, 0) is 104 Å². The quantitative estimate of drug-likeness (QED) is 0.478. The van der Waals surface area contributed by atoms with E-state index in [2.05, 4.69) is 43.0 Å². The zero-order chi connectivity index (χ0) is 28.1. The summed E-state index contributed by atoms with van der Waals surface area (Å²) in [6, 6.07) is 8.28. The molecule has 2 aromatic rings. The molecule has 6 rings (SSSR count). The molecule has 2 aliphatic heterocycles. The van der Waals surface area contributed by atoms with Crippen LogP contribution in [0.3, 0.4) is 0 Å². The Bertz CT molecular complexity index is 1300. The molecule has 39 heavy (non-hydrogen) atoms.